The number of imidazole rings is 1. The zero-order valence-corrected chi connectivity index (χ0v) is 15.6. The van der Waals surface area contributed by atoms with Crippen molar-refractivity contribution in [3.63, 3.8) is 0 Å². The fourth-order valence-corrected chi connectivity index (χ4v) is 4.01. The third kappa shape index (κ3) is 3.44. The lowest BCUT2D eigenvalue weighted by Gasteiger charge is -2.34. The summed E-state index contributed by atoms with van der Waals surface area (Å²) in [5, 5.41) is 0.783. The highest BCUT2D eigenvalue weighted by molar-refractivity contribution is 6.32. The standard InChI is InChI=1S/C21H24ClN3/c1-14-6-5-7-16(10-14)13-25-9-4-3-8-20(25)21-23-18-11-15(2)17(22)12-19(18)24-21/h5-7,10-12,20H,3-4,8-9,13H2,1-2H3,(H,23,24). The number of hydrogen-bond donors (Lipinski definition) is 1. The van der Waals surface area contributed by atoms with Gasteiger partial charge in [-0.1, -0.05) is 47.9 Å². The van der Waals surface area contributed by atoms with Gasteiger partial charge in [0, 0.05) is 11.6 Å². The molecule has 0 amide bonds. The summed E-state index contributed by atoms with van der Waals surface area (Å²) in [5.41, 5.74) is 5.83. The van der Waals surface area contributed by atoms with Crippen LogP contribution < -0.4 is 0 Å². The maximum Gasteiger partial charge on any atom is 0.124 e. The van der Waals surface area contributed by atoms with E-state index in [1.807, 2.05) is 13.0 Å². The van der Waals surface area contributed by atoms with Gasteiger partial charge in [-0.25, -0.2) is 4.98 Å². The van der Waals surface area contributed by atoms with Gasteiger partial charge in [-0.2, -0.15) is 0 Å². The van der Waals surface area contributed by atoms with E-state index in [0.29, 0.717) is 6.04 Å². The molecule has 0 aliphatic carbocycles. The van der Waals surface area contributed by atoms with Gasteiger partial charge in [-0.3, -0.25) is 4.90 Å². The third-order valence-electron chi connectivity index (χ3n) is 5.18. The zero-order chi connectivity index (χ0) is 17.4. The molecular formula is C21H24ClN3. The number of fused-ring (bicyclic) bond motifs is 1. The van der Waals surface area contributed by atoms with Crippen molar-refractivity contribution < 1.29 is 0 Å². The molecular weight excluding hydrogens is 330 g/mol. The lowest BCUT2D eigenvalue weighted by Crippen LogP contribution is -2.33. The Labute approximate surface area is 154 Å². The highest BCUT2D eigenvalue weighted by Gasteiger charge is 2.26. The van der Waals surface area contributed by atoms with Gasteiger partial charge in [0.2, 0.25) is 0 Å². The molecule has 1 N–H and O–H groups in total. The number of rotatable bonds is 3. The van der Waals surface area contributed by atoms with Crippen molar-refractivity contribution in [2.75, 3.05) is 6.54 Å². The van der Waals surface area contributed by atoms with E-state index in [9.17, 15) is 0 Å². The molecule has 1 aliphatic rings. The fraction of sp³-hybridized carbons (Fsp3) is 0.381. The summed E-state index contributed by atoms with van der Waals surface area (Å²) in [5.74, 6) is 1.07. The van der Waals surface area contributed by atoms with Crippen molar-refractivity contribution in [3.8, 4) is 0 Å². The molecule has 0 bridgehead atoms. The maximum atomic E-state index is 6.27. The van der Waals surface area contributed by atoms with Crippen molar-refractivity contribution in [1.29, 1.82) is 0 Å². The Morgan fingerprint density at radius 2 is 2.08 bits per heavy atom. The van der Waals surface area contributed by atoms with Gasteiger partial charge in [-0.05, 0) is 56.5 Å². The van der Waals surface area contributed by atoms with E-state index >= 15 is 0 Å². The van der Waals surface area contributed by atoms with Gasteiger partial charge in [0.15, 0.2) is 0 Å². The second kappa shape index (κ2) is 6.81. The second-order valence-corrected chi connectivity index (χ2v) is 7.62. The summed E-state index contributed by atoms with van der Waals surface area (Å²) < 4.78 is 0. The smallest absolute Gasteiger partial charge is 0.124 e. The molecule has 130 valence electrons. The summed E-state index contributed by atoms with van der Waals surface area (Å²) in [6.45, 7) is 6.29. The van der Waals surface area contributed by atoms with E-state index in [-0.39, 0.29) is 0 Å². The summed E-state index contributed by atoms with van der Waals surface area (Å²) in [4.78, 5) is 11.0. The van der Waals surface area contributed by atoms with Crippen molar-refractivity contribution in [2.45, 2.75) is 45.7 Å². The van der Waals surface area contributed by atoms with E-state index in [1.165, 1.54) is 24.0 Å². The van der Waals surface area contributed by atoms with Crippen LogP contribution in [0, 0.1) is 13.8 Å². The van der Waals surface area contributed by atoms with Crippen molar-refractivity contribution in [3.05, 3.63) is 63.9 Å². The number of likely N-dealkylation sites (tertiary alicyclic amines) is 1. The van der Waals surface area contributed by atoms with Crippen LogP contribution in [0.5, 0.6) is 0 Å². The minimum Gasteiger partial charge on any atom is -0.341 e. The first kappa shape index (κ1) is 16.6. The number of halogens is 1. The zero-order valence-electron chi connectivity index (χ0n) is 14.8. The molecule has 0 radical (unpaired) electrons. The highest BCUT2D eigenvalue weighted by atomic mass is 35.5. The van der Waals surface area contributed by atoms with Gasteiger partial charge < -0.3 is 4.98 Å². The van der Waals surface area contributed by atoms with Gasteiger partial charge in [0.05, 0.1) is 17.1 Å². The molecule has 4 rings (SSSR count). The first-order valence-electron chi connectivity index (χ1n) is 9.05. The molecule has 0 spiro atoms. The van der Waals surface area contributed by atoms with Crippen LogP contribution in [-0.4, -0.2) is 21.4 Å². The number of hydrogen-bond acceptors (Lipinski definition) is 2. The van der Waals surface area contributed by atoms with Crippen LogP contribution in [0.4, 0.5) is 0 Å². The molecule has 1 unspecified atom stereocenters. The van der Waals surface area contributed by atoms with Crippen molar-refractivity contribution in [1.82, 2.24) is 14.9 Å². The Morgan fingerprint density at radius 3 is 2.92 bits per heavy atom. The van der Waals surface area contributed by atoms with Gasteiger partial charge in [0.1, 0.15) is 5.82 Å². The number of nitrogens with zero attached hydrogens (tertiary/aromatic N) is 2. The Balaban J connectivity index is 1.64. The lowest BCUT2D eigenvalue weighted by atomic mass is 10.00. The SMILES string of the molecule is Cc1cccc(CN2CCCCC2c2nc3cc(Cl)c(C)cc3[nH]2)c1. The largest absolute Gasteiger partial charge is 0.341 e. The molecule has 1 saturated heterocycles. The topological polar surface area (TPSA) is 31.9 Å². The minimum absolute atomic E-state index is 0.348. The van der Waals surface area contributed by atoms with Crippen LogP contribution in [0.3, 0.4) is 0 Å². The Morgan fingerprint density at radius 1 is 1.20 bits per heavy atom. The first-order chi connectivity index (χ1) is 12.1. The molecule has 1 aliphatic heterocycles. The van der Waals surface area contributed by atoms with Crippen molar-refractivity contribution in [2.24, 2.45) is 0 Å². The molecule has 4 heteroatoms. The second-order valence-electron chi connectivity index (χ2n) is 7.21. The Bertz CT molecular complexity index is 860. The molecule has 0 saturated carbocycles. The average Bonchev–Trinajstić information content (AvgIpc) is 2.98. The first-order valence-corrected chi connectivity index (χ1v) is 9.43. The molecule has 25 heavy (non-hydrogen) atoms. The Kier molecular flexibility index (Phi) is 4.53. The van der Waals surface area contributed by atoms with Crippen LogP contribution in [0.1, 0.15) is 47.8 Å². The van der Waals surface area contributed by atoms with Gasteiger partial charge >= 0.3 is 0 Å². The Hall–Kier alpha value is -1.84. The van der Waals surface area contributed by atoms with Gasteiger partial charge in [-0.15, -0.1) is 0 Å². The number of nitrogens with one attached hydrogen (secondary N) is 1. The summed E-state index contributed by atoms with van der Waals surface area (Å²) in [6, 6.07) is 13.2. The molecule has 1 atom stereocenters. The van der Waals surface area contributed by atoms with E-state index in [4.69, 9.17) is 16.6 Å². The maximum absolute atomic E-state index is 6.27. The molecule has 2 heterocycles. The summed E-state index contributed by atoms with van der Waals surface area (Å²) in [7, 11) is 0. The quantitative estimate of drug-likeness (QED) is 0.668. The van der Waals surface area contributed by atoms with Crippen LogP contribution in [0.2, 0.25) is 5.02 Å². The molecule has 3 aromatic rings. The summed E-state index contributed by atoms with van der Waals surface area (Å²) >= 11 is 6.27. The number of piperidine rings is 1. The fourth-order valence-electron chi connectivity index (χ4n) is 3.85. The van der Waals surface area contributed by atoms with Crippen LogP contribution in [0.25, 0.3) is 11.0 Å². The number of aromatic nitrogens is 2. The normalized spacial score (nSPS) is 18.8. The number of benzene rings is 2. The molecule has 1 fully saturated rings. The minimum atomic E-state index is 0.348. The molecule has 1 aromatic heterocycles. The predicted octanol–water partition coefficient (Wildman–Crippen LogP) is 5.56. The number of aromatic amines is 1. The van der Waals surface area contributed by atoms with Crippen LogP contribution in [0.15, 0.2) is 36.4 Å². The molecule has 3 nitrogen and oxygen atoms in total. The van der Waals surface area contributed by atoms with E-state index < -0.39 is 0 Å². The van der Waals surface area contributed by atoms with E-state index in [1.54, 1.807) is 0 Å². The van der Waals surface area contributed by atoms with E-state index in [0.717, 1.165) is 47.0 Å². The highest BCUT2D eigenvalue weighted by Crippen LogP contribution is 2.32. The van der Waals surface area contributed by atoms with E-state index in [2.05, 4.69) is 47.1 Å². The number of H-pyrrole nitrogens is 1. The summed E-state index contributed by atoms with van der Waals surface area (Å²) in [6.07, 6.45) is 3.66. The van der Waals surface area contributed by atoms with Crippen LogP contribution in [-0.2, 0) is 6.54 Å². The van der Waals surface area contributed by atoms with Gasteiger partial charge in [0.25, 0.3) is 0 Å². The predicted molar refractivity (Wildman–Crippen MR) is 104 cm³/mol. The van der Waals surface area contributed by atoms with Crippen LogP contribution >= 0.6 is 11.6 Å². The third-order valence-corrected chi connectivity index (χ3v) is 5.59. The van der Waals surface area contributed by atoms with Crippen molar-refractivity contribution >= 4 is 22.6 Å². The average molecular weight is 354 g/mol. The number of aryl methyl sites for hydroxylation is 2. The lowest BCUT2D eigenvalue weighted by molar-refractivity contribution is 0.134. The monoisotopic (exact) mass is 353 g/mol. The molecule has 2 aromatic carbocycles.